The van der Waals surface area contributed by atoms with Crippen LogP contribution in [-0.4, -0.2) is 52.3 Å². The second-order valence-electron chi connectivity index (χ2n) is 5.92. The first-order valence-corrected chi connectivity index (χ1v) is 9.15. The molecule has 2 heterocycles. The van der Waals surface area contributed by atoms with Crippen LogP contribution >= 0.6 is 11.8 Å². The van der Waals surface area contributed by atoms with Gasteiger partial charge in [0.15, 0.2) is 0 Å². The van der Waals surface area contributed by atoms with E-state index in [9.17, 15) is 9.18 Å². The van der Waals surface area contributed by atoms with Crippen LogP contribution in [0.2, 0.25) is 0 Å². The van der Waals surface area contributed by atoms with Crippen LogP contribution < -0.4 is 5.32 Å². The molecular formula is C17H21FN4OS. The first-order chi connectivity index (χ1) is 11.6. The lowest BCUT2D eigenvalue weighted by molar-refractivity contribution is -0.131. The quantitative estimate of drug-likeness (QED) is 0.841. The normalized spacial score (nSPS) is 17.2. The third kappa shape index (κ3) is 4.15. The van der Waals surface area contributed by atoms with Gasteiger partial charge in [-0.2, -0.15) is 5.10 Å². The fraction of sp³-hybridized carbons (Fsp3) is 0.412. The van der Waals surface area contributed by atoms with E-state index < -0.39 is 0 Å². The molecule has 1 aliphatic rings. The van der Waals surface area contributed by atoms with Crippen molar-refractivity contribution < 1.29 is 9.18 Å². The minimum Gasteiger partial charge on any atom is -0.344 e. The van der Waals surface area contributed by atoms with Crippen LogP contribution in [0.15, 0.2) is 30.3 Å². The number of amides is 1. The number of rotatable bonds is 6. The Hall–Kier alpha value is -1.86. The van der Waals surface area contributed by atoms with Gasteiger partial charge in [0.1, 0.15) is 5.82 Å². The van der Waals surface area contributed by atoms with Gasteiger partial charge in [-0.15, -0.1) is 11.8 Å². The lowest BCUT2D eigenvalue weighted by Gasteiger charge is -2.20. The smallest absolute Gasteiger partial charge is 0.240 e. The van der Waals surface area contributed by atoms with Gasteiger partial charge in [0.2, 0.25) is 5.91 Å². The number of H-pyrrole nitrogens is 1. The highest BCUT2D eigenvalue weighted by molar-refractivity contribution is 7.99. The maximum atomic E-state index is 13.3. The Balaban J connectivity index is 1.49. The molecule has 2 N–H and O–H groups in total. The third-order valence-corrected chi connectivity index (χ3v) is 5.02. The molecule has 7 heteroatoms. The van der Waals surface area contributed by atoms with Crippen molar-refractivity contribution in [1.82, 2.24) is 20.4 Å². The molecule has 0 spiro atoms. The predicted octanol–water partition coefficient (Wildman–Crippen LogP) is 2.27. The molecular weight excluding hydrogens is 327 g/mol. The fourth-order valence-corrected chi connectivity index (χ4v) is 3.66. The molecule has 3 rings (SSSR count). The van der Waals surface area contributed by atoms with Crippen molar-refractivity contribution in [2.75, 3.05) is 25.2 Å². The van der Waals surface area contributed by atoms with Crippen molar-refractivity contribution in [3.63, 3.8) is 0 Å². The zero-order valence-corrected chi connectivity index (χ0v) is 14.4. The molecule has 2 aromatic rings. The summed E-state index contributed by atoms with van der Waals surface area (Å²) in [5.74, 6) is 1.59. The zero-order chi connectivity index (χ0) is 16.9. The Labute approximate surface area is 145 Å². The Kier molecular flexibility index (Phi) is 5.52. The molecule has 1 saturated heterocycles. The number of hydrogen-bond acceptors (Lipinski definition) is 4. The molecule has 1 fully saturated rings. The molecule has 5 nitrogen and oxygen atoms in total. The van der Waals surface area contributed by atoms with Crippen LogP contribution in [0.25, 0.3) is 11.3 Å². The minimum absolute atomic E-state index is 0.0493. The summed E-state index contributed by atoms with van der Waals surface area (Å²) in [6, 6.07) is 8.29. The van der Waals surface area contributed by atoms with E-state index in [1.54, 1.807) is 22.7 Å². The van der Waals surface area contributed by atoms with E-state index >= 15 is 0 Å². The summed E-state index contributed by atoms with van der Waals surface area (Å²) in [6.45, 7) is 0.704. The minimum atomic E-state index is -0.268. The van der Waals surface area contributed by atoms with Gasteiger partial charge in [-0.25, -0.2) is 4.39 Å². The van der Waals surface area contributed by atoms with Gasteiger partial charge in [-0.05, 0) is 31.0 Å². The first-order valence-electron chi connectivity index (χ1n) is 8.00. The summed E-state index contributed by atoms with van der Waals surface area (Å²) in [6.07, 6.45) is 1.65. The average Bonchev–Trinajstić information content (AvgIpc) is 3.26. The van der Waals surface area contributed by atoms with E-state index in [-0.39, 0.29) is 17.8 Å². The molecule has 1 amide bonds. The van der Waals surface area contributed by atoms with Gasteiger partial charge in [0.05, 0.1) is 11.7 Å². The first kappa shape index (κ1) is 17.0. The summed E-state index contributed by atoms with van der Waals surface area (Å²) < 4.78 is 13.3. The van der Waals surface area contributed by atoms with Gasteiger partial charge in [-0.3, -0.25) is 15.2 Å². The number of likely N-dealkylation sites (N-methyl/N-ethyl adjacent to an activating group) is 1. The third-order valence-electron chi connectivity index (χ3n) is 4.08. The van der Waals surface area contributed by atoms with Crippen molar-refractivity contribution in [3.8, 4) is 11.3 Å². The van der Waals surface area contributed by atoms with Crippen LogP contribution in [0, 0.1) is 5.82 Å². The molecule has 24 heavy (non-hydrogen) atoms. The van der Waals surface area contributed by atoms with Crippen LogP contribution in [-0.2, 0) is 11.2 Å². The number of nitrogens with zero attached hydrogens (tertiary/aromatic N) is 2. The summed E-state index contributed by atoms with van der Waals surface area (Å²) >= 11 is 1.75. The van der Waals surface area contributed by atoms with Crippen LogP contribution in [0.1, 0.15) is 12.1 Å². The molecule has 0 radical (unpaired) electrons. The van der Waals surface area contributed by atoms with Crippen LogP contribution in [0.3, 0.4) is 0 Å². The summed E-state index contributed by atoms with van der Waals surface area (Å²) in [5, 5.41) is 10.4. The number of aromatic amines is 1. The molecule has 1 aromatic carbocycles. The van der Waals surface area contributed by atoms with Crippen molar-refractivity contribution in [2.24, 2.45) is 0 Å². The zero-order valence-electron chi connectivity index (χ0n) is 13.6. The second kappa shape index (κ2) is 7.81. The molecule has 0 unspecified atom stereocenters. The van der Waals surface area contributed by atoms with Crippen LogP contribution in [0.4, 0.5) is 4.39 Å². The number of thioether (sulfide) groups is 1. The SMILES string of the molecule is CN(CCCc1cc(-c2cccc(F)c2)n[nH]1)C(=O)[C@@H]1CSCN1. The molecule has 1 aliphatic heterocycles. The van der Waals surface area contributed by atoms with E-state index in [0.29, 0.717) is 6.54 Å². The van der Waals surface area contributed by atoms with Crippen molar-refractivity contribution in [2.45, 2.75) is 18.9 Å². The van der Waals surface area contributed by atoms with Gasteiger partial charge in [0.25, 0.3) is 0 Å². The van der Waals surface area contributed by atoms with Crippen molar-refractivity contribution in [1.29, 1.82) is 0 Å². The Bertz CT molecular complexity index is 699. The van der Waals surface area contributed by atoms with E-state index in [2.05, 4.69) is 15.5 Å². The Morgan fingerprint density at radius 3 is 3.08 bits per heavy atom. The monoisotopic (exact) mass is 348 g/mol. The lowest BCUT2D eigenvalue weighted by atomic mass is 10.1. The number of hydrogen-bond donors (Lipinski definition) is 2. The van der Waals surface area contributed by atoms with E-state index in [4.69, 9.17) is 0 Å². The molecule has 0 saturated carbocycles. The highest BCUT2D eigenvalue weighted by Gasteiger charge is 2.24. The van der Waals surface area contributed by atoms with Gasteiger partial charge in [0, 0.05) is 36.5 Å². The lowest BCUT2D eigenvalue weighted by Crippen LogP contribution is -2.43. The summed E-state index contributed by atoms with van der Waals surface area (Å²) in [4.78, 5) is 14.0. The molecule has 1 aromatic heterocycles. The number of carbonyl (C=O) groups is 1. The van der Waals surface area contributed by atoms with Crippen molar-refractivity contribution in [3.05, 3.63) is 41.8 Å². The predicted molar refractivity (Wildman–Crippen MR) is 94.2 cm³/mol. The van der Waals surface area contributed by atoms with Crippen LogP contribution in [0.5, 0.6) is 0 Å². The second-order valence-corrected chi connectivity index (χ2v) is 6.95. The Morgan fingerprint density at radius 1 is 1.46 bits per heavy atom. The fourth-order valence-electron chi connectivity index (χ4n) is 2.72. The highest BCUT2D eigenvalue weighted by atomic mass is 32.2. The largest absolute Gasteiger partial charge is 0.344 e. The van der Waals surface area contributed by atoms with Gasteiger partial charge in [-0.1, -0.05) is 12.1 Å². The van der Waals surface area contributed by atoms with Gasteiger partial charge >= 0.3 is 0 Å². The number of halogens is 1. The maximum absolute atomic E-state index is 13.3. The number of aromatic nitrogens is 2. The van der Waals surface area contributed by atoms with E-state index in [1.807, 2.05) is 19.2 Å². The standard InChI is InChI=1S/C17H21FN4OS/c1-22(17(23)16-10-24-11-19-16)7-3-6-14-9-15(21-20-14)12-4-2-5-13(18)8-12/h2,4-5,8-9,16,19H,3,6-7,10-11H2,1H3,(H,20,21)/t16-/m0/s1. The van der Waals surface area contributed by atoms with E-state index in [1.165, 1.54) is 12.1 Å². The molecule has 1 atom stereocenters. The van der Waals surface area contributed by atoms with E-state index in [0.717, 1.165) is 41.4 Å². The average molecular weight is 348 g/mol. The number of aryl methyl sites for hydroxylation is 1. The Morgan fingerprint density at radius 2 is 2.33 bits per heavy atom. The summed E-state index contributed by atoms with van der Waals surface area (Å²) in [7, 11) is 1.85. The number of carbonyl (C=O) groups excluding carboxylic acids is 1. The highest BCUT2D eigenvalue weighted by Crippen LogP contribution is 2.19. The van der Waals surface area contributed by atoms with Crippen molar-refractivity contribution >= 4 is 17.7 Å². The molecule has 0 aliphatic carbocycles. The maximum Gasteiger partial charge on any atom is 0.240 e. The van der Waals surface area contributed by atoms with Gasteiger partial charge < -0.3 is 4.90 Å². The molecule has 128 valence electrons. The molecule has 0 bridgehead atoms. The topological polar surface area (TPSA) is 61.0 Å². The number of benzene rings is 1. The summed E-state index contributed by atoms with van der Waals surface area (Å²) in [5.41, 5.74) is 2.49. The number of nitrogens with one attached hydrogen (secondary N) is 2.